The number of likely N-dealkylation sites (N-methyl/N-ethyl adjacent to an activating group) is 1. The van der Waals surface area contributed by atoms with Crippen LogP contribution in [0.4, 0.5) is 0 Å². The molecule has 0 radical (unpaired) electrons. The van der Waals surface area contributed by atoms with E-state index in [2.05, 4.69) is 10.1 Å². The Morgan fingerprint density at radius 1 is 1.30 bits per heavy atom. The van der Waals surface area contributed by atoms with Gasteiger partial charge in [-0.1, -0.05) is 6.07 Å². The van der Waals surface area contributed by atoms with Crippen LogP contribution < -0.4 is 5.69 Å². The number of carbonyl (C=O) groups excluding carboxylic acids is 1. The summed E-state index contributed by atoms with van der Waals surface area (Å²) in [5.41, 5.74) is 0.890. The van der Waals surface area contributed by atoms with Crippen LogP contribution in [0.25, 0.3) is 0 Å². The van der Waals surface area contributed by atoms with E-state index in [4.69, 9.17) is 0 Å². The number of aromatic nitrogens is 4. The van der Waals surface area contributed by atoms with Crippen molar-refractivity contribution in [1.29, 1.82) is 0 Å². The standard InChI is InChI=1S/C19H28N6O2/c1-4-25-18(21-23(3)19(25)27)15-8-11-24(12-9-15)17(26)14-22(2)13-16-7-5-6-10-20-16/h5-7,10,15H,4,8-9,11-14H2,1-3H3. The van der Waals surface area contributed by atoms with Crippen molar-refractivity contribution in [2.24, 2.45) is 7.05 Å². The van der Waals surface area contributed by atoms with Crippen molar-refractivity contribution in [1.82, 2.24) is 29.1 Å². The molecule has 2 aromatic heterocycles. The van der Waals surface area contributed by atoms with Crippen molar-refractivity contribution in [3.8, 4) is 0 Å². The molecule has 27 heavy (non-hydrogen) atoms. The number of rotatable bonds is 6. The Morgan fingerprint density at radius 3 is 2.67 bits per heavy atom. The zero-order valence-electron chi connectivity index (χ0n) is 16.3. The molecule has 146 valence electrons. The largest absolute Gasteiger partial charge is 0.345 e. The number of aryl methyl sites for hydroxylation is 1. The molecule has 3 heterocycles. The maximum Gasteiger partial charge on any atom is 0.345 e. The second-order valence-corrected chi connectivity index (χ2v) is 7.16. The Labute approximate surface area is 159 Å². The van der Waals surface area contributed by atoms with Gasteiger partial charge in [-0.3, -0.25) is 19.2 Å². The highest BCUT2D eigenvalue weighted by molar-refractivity contribution is 5.78. The molecule has 1 aliphatic rings. The number of pyridine rings is 1. The lowest BCUT2D eigenvalue weighted by Gasteiger charge is -2.32. The lowest BCUT2D eigenvalue weighted by Crippen LogP contribution is -2.43. The average Bonchev–Trinajstić information content (AvgIpc) is 2.96. The second kappa shape index (κ2) is 8.47. The molecule has 0 saturated carbocycles. The summed E-state index contributed by atoms with van der Waals surface area (Å²) >= 11 is 0. The van der Waals surface area contributed by atoms with E-state index in [0.29, 0.717) is 32.7 Å². The summed E-state index contributed by atoms with van der Waals surface area (Å²) in [4.78, 5) is 32.9. The van der Waals surface area contributed by atoms with Gasteiger partial charge in [0.15, 0.2) is 0 Å². The predicted molar refractivity (Wildman–Crippen MR) is 102 cm³/mol. The van der Waals surface area contributed by atoms with E-state index in [-0.39, 0.29) is 17.5 Å². The molecule has 0 atom stereocenters. The molecule has 0 aliphatic carbocycles. The van der Waals surface area contributed by atoms with Gasteiger partial charge in [-0.25, -0.2) is 9.48 Å². The Balaban J connectivity index is 1.53. The molecule has 8 nitrogen and oxygen atoms in total. The molecular weight excluding hydrogens is 344 g/mol. The lowest BCUT2D eigenvalue weighted by atomic mass is 9.96. The number of likely N-dealkylation sites (tertiary alicyclic amines) is 1. The van der Waals surface area contributed by atoms with Crippen LogP contribution in [0.1, 0.15) is 37.2 Å². The Kier molecular flexibility index (Phi) is 6.05. The third-order valence-corrected chi connectivity index (χ3v) is 5.13. The van der Waals surface area contributed by atoms with Gasteiger partial charge in [-0.15, -0.1) is 0 Å². The highest BCUT2D eigenvalue weighted by Gasteiger charge is 2.28. The van der Waals surface area contributed by atoms with Crippen molar-refractivity contribution in [2.75, 3.05) is 26.7 Å². The molecule has 1 saturated heterocycles. The number of hydrogen-bond acceptors (Lipinski definition) is 5. The first-order chi connectivity index (χ1) is 13.0. The molecule has 0 bridgehead atoms. The fourth-order valence-corrected chi connectivity index (χ4v) is 3.66. The minimum atomic E-state index is -0.0675. The Bertz CT molecular complexity index is 820. The van der Waals surface area contributed by atoms with E-state index in [9.17, 15) is 9.59 Å². The summed E-state index contributed by atoms with van der Waals surface area (Å²) in [6, 6.07) is 5.81. The molecule has 2 aromatic rings. The predicted octanol–water partition coefficient (Wildman–Crippen LogP) is 0.835. The van der Waals surface area contributed by atoms with Crippen LogP contribution in [-0.2, 0) is 24.9 Å². The Hall–Kier alpha value is -2.48. The van der Waals surface area contributed by atoms with E-state index in [1.54, 1.807) is 17.8 Å². The van der Waals surface area contributed by atoms with Gasteiger partial charge >= 0.3 is 5.69 Å². The minimum Gasteiger partial charge on any atom is -0.342 e. The fourth-order valence-electron chi connectivity index (χ4n) is 3.66. The molecule has 0 N–H and O–H groups in total. The highest BCUT2D eigenvalue weighted by atomic mass is 16.2. The van der Waals surface area contributed by atoms with Crippen molar-refractivity contribution in [3.05, 3.63) is 46.4 Å². The topological polar surface area (TPSA) is 76.3 Å². The van der Waals surface area contributed by atoms with Gasteiger partial charge in [0, 0.05) is 45.3 Å². The van der Waals surface area contributed by atoms with Crippen molar-refractivity contribution < 1.29 is 4.79 Å². The first-order valence-electron chi connectivity index (χ1n) is 9.49. The highest BCUT2D eigenvalue weighted by Crippen LogP contribution is 2.26. The molecule has 0 unspecified atom stereocenters. The molecular formula is C19H28N6O2. The van der Waals surface area contributed by atoms with E-state index >= 15 is 0 Å². The summed E-state index contributed by atoms with van der Waals surface area (Å²) in [5, 5.41) is 4.42. The number of nitrogens with zero attached hydrogens (tertiary/aromatic N) is 6. The molecule has 0 aromatic carbocycles. The van der Waals surface area contributed by atoms with Crippen LogP contribution in [0.5, 0.6) is 0 Å². The summed E-state index contributed by atoms with van der Waals surface area (Å²) in [5.74, 6) is 1.22. The van der Waals surface area contributed by atoms with E-state index in [0.717, 1.165) is 24.4 Å². The molecule has 0 spiro atoms. The molecule has 1 fully saturated rings. The maximum absolute atomic E-state index is 12.6. The summed E-state index contributed by atoms with van der Waals surface area (Å²) in [7, 11) is 3.63. The maximum atomic E-state index is 12.6. The summed E-state index contributed by atoms with van der Waals surface area (Å²) in [6.07, 6.45) is 3.45. The van der Waals surface area contributed by atoms with Crippen LogP contribution in [0, 0.1) is 0 Å². The van der Waals surface area contributed by atoms with Crippen molar-refractivity contribution in [2.45, 2.75) is 38.8 Å². The number of hydrogen-bond donors (Lipinski definition) is 0. The quantitative estimate of drug-likeness (QED) is 0.751. The van der Waals surface area contributed by atoms with Crippen LogP contribution >= 0.6 is 0 Å². The van der Waals surface area contributed by atoms with Gasteiger partial charge in [-0.2, -0.15) is 5.10 Å². The van der Waals surface area contributed by atoms with Crippen molar-refractivity contribution >= 4 is 5.91 Å². The van der Waals surface area contributed by atoms with E-state index in [1.807, 2.05) is 42.0 Å². The van der Waals surface area contributed by atoms with Gasteiger partial charge in [-0.05, 0) is 38.9 Å². The van der Waals surface area contributed by atoms with E-state index in [1.165, 1.54) is 4.68 Å². The molecule has 8 heteroatoms. The zero-order chi connectivity index (χ0) is 19.4. The number of amides is 1. The molecule has 3 rings (SSSR count). The third kappa shape index (κ3) is 4.44. The summed E-state index contributed by atoms with van der Waals surface area (Å²) < 4.78 is 3.14. The van der Waals surface area contributed by atoms with Crippen LogP contribution in [0.3, 0.4) is 0 Å². The molecule has 1 aliphatic heterocycles. The third-order valence-electron chi connectivity index (χ3n) is 5.13. The SMILES string of the molecule is CCn1c(C2CCN(C(=O)CN(C)Cc3ccccn3)CC2)nn(C)c1=O. The van der Waals surface area contributed by atoms with Crippen LogP contribution in [0.15, 0.2) is 29.2 Å². The van der Waals surface area contributed by atoms with Crippen molar-refractivity contribution in [3.63, 3.8) is 0 Å². The first kappa shape index (κ1) is 19.3. The number of piperidine rings is 1. The van der Waals surface area contributed by atoms with Crippen LogP contribution in [-0.4, -0.2) is 61.7 Å². The van der Waals surface area contributed by atoms with Gasteiger partial charge in [0.25, 0.3) is 0 Å². The number of carbonyl (C=O) groups is 1. The first-order valence-corrected chi connectivity index (χ1v) is 9.49. The van der Waals surface area contributed by atoms with Gasteiger partial charge < -0.3 is 4.90 Å². The second-order valence-electron chi connectivity index (χ2n) is 7.16. The minimum absolute atomic E-state index is 0.0675. The molecule has 1 amide bonds. The average molecular weight is 372 g/mol. The monoisotopic (exact) mass is 372 g/mol. The fraction of sp³-hybridized carbons (Fsp3) is 0.579. The van der Waals surface area contributed by atoms with Gasteiger partial charge in [0.2, 0.25) is 5.91 Å². The van der Waals surface area contributed by atoms with Gasteiger partial charge in [0.05, 0.1) is 12.2 Å². The summed E-state index contributed by atoms with van der Waals surface area (Å²) in [6.45, 7) is 5.02. The Morgan fingerprint density at radius 2 is 2.04 bits per heavy atom. The van der Waals surface area contributed by atoms with E-state index < -0.39 is 0 Å². The van der Waals surface area contributed by atoms with Crippen LogP contribution in [0.2, 0.25) is 0 Å². The van der Waals surface area contributed by atoms with Gasteiger partial charge in [0.1, 0.15) is 5.82 Å². The normalized spacial score (nSPS) is 15.5. The lowest BCUT2D eigenvalue weighted by molar-refractivity contribution is -0.133. The smallest absolute Gasteiger partial charge is 0.342 e. The zero-order valence-corrected chi connectivity index (χ0v) is 16.3.